The van der Waals surface area contributed by atoms with Gasteiger partial charge in [0.25, 0.3) is 5.56 Å². The first-order chi connectivity index (χ1) is 18.0. The van der Waals surface area contributed by atoms with E-state index in [0.717, 1.165) is 27.6 Å². The van der Waals surface area contributed by atoms with Gasteiger partial charge >= 0.3 is 0 Å². The molecule has 0 radical (unpaired) electrons. The molecule has 0 atom stereocenters. The second-order valence-corrected chi connectivity index (χ2v) is 8.29. The van der Waals surface area contributed by atoms with Crippen LogP contribution in [0.5, 0.6) is 34.5 Å². The Labute approximate surface area is 215 Å². The Morgan fingerprint density at radius 2 is 1.14 bits per heavy atom. The smallest absolute Gasteiger partial charge is 0.251 e. The van der Waals surface area contributed by atoms with Gasteiger partial charge in [0.15, 0.2) is 34.5 Å². The van der Waals surface area contributed by atoms with Crippen LogP contribution in [-0.4, -0.2) is 47.2 Å². The second-order valence-electron chi connectivity index (χ2n) is 8.29. The second kappa shape index (κ2) is 11.2. The fraction of sp³-hybridized carbons (Fsp3) is 0.276. The van der Waals surface area contributed by atoms with Crippen LogP contribution in [0.1, 0.15) is 5.56 Å². The molecule has 0 aliphatic carbocycles. The van der Waals surface area contributed by atoms with E-state index in [1.165, 1.54) is 0 Å². The molecule has 0 fully saturated rings. The van der Waals surface area contributed by atoms with Crippen LogP contribution in [0.4, 0.5) is 0 Å². The summed E-state index contributed by atoms with van der Waals surface area (Å²) >= 11 is 0. The minimum Gasteiger partial charge on any atom is -0.493 e. The van der Waals surface area contributed by atoms with E-state index < -0.39 is 0 Å². The Balaban J connectivity index is 1.91. The molecule has 0 saturated heterocycles. The summed E-state index contributed by atoms with van der Waals surface area (Å²) in [6.45, 7) is 0.433. The molecule has 3 aromatic carbocycles. The molecule has 0 spiro atoms. The van der Waals surface area contributed by atoms with E-state index >= 15 is 0 Å². The van der Waals surface area contributed by atoms with Crippen molar-refractivity contribution in [1.82, 2.24) is 4.57 Å². The van der Waals surface area contributed by atoms with Crippen molar-refractivity contribution < 1.29 is 28.4 Å². The van der Waals surface area contributed by atoms with Crippen LogP contribution in [0.15, 0.2) is 59.4 Å². The zero-order valence-electron chi connectivity index (χ0n) is 21.9. The molecule has 0 bridgehead atoms. The standard InChI is InChI=1S/C29H31NO7/c1-32-22-9-7-18(13-24(22)34-3)11-12-30-28(31)16-20-15-26(36-5)27(37-6)17-21(20)29(30)19-8-10-23(33-2)25(14-19)35-4/h7-10,13-17H,11-12H2,1-6H3. The minimum atomic E-state index is -0.134. The minimum absolute atomic E-state index is 0.134. The van der Waals surface area contributed by atoms with Gasteiger partial charge < -0.3 is 33.0 Å². The molecule has 194 valence electrons. The maximum absolute atomic E-state index is 13.5. The molecule has 0 amide bonds. The Morgan fingerprint density at radius 3 is 1.76 bits per heavy atom. The molecule has 8 nitrogen and oxygen atoms in total. The molecule has 1 heterocycles. The molecule has 0 aliphatic rings. The van der Waals surface area contributed by atoms with Gasteiger partial charge in [0.05, 0.1) is 48.4 Å². The summed E-state index contributed by atoms with van der Waals surface area (Å²) in [6.07, 6.45) is 0.597. The van der Waals surface area contributed by atoms with E-state index in [2.05, 4.69) is 0 Å². The Bertz CT molecular complexity index is 1480. The monoisotopic (exact) mass is 505 g/mol. The molecule has 8 heteroatoms. The van der Waals surface area contributed by atoms with Gasteiger partial charge in [0.1, 0.15) is 0 Å². The van der Waals surface area contributed by atoms with Gasteiger partial charge in [-0.1, -0.05) is 6.07 Å². The lowest BCUT2D eigenvalue weighted by Crippen LogP contribution is -2.22. The summed E-state index contributed by atoms with van der Waals surface area (Å²) in [6, 6.07) is 16.7. The van der Waals surface area contributed by atoms with Gasteiger partial charge in [-0.3, -0.25) is 4.79 Å². The average molecular weight is 506 g/mol. The molecule has 0 N–H and O–H groups in total. The Morgan fingerprint density at radius 1 is 0.595 bits per heavy atom. The van der Waals surface area contributed by atoms with Crippen molar-refractivity contribution in [1.29, 1.82) is 0 Å². The van der Waals surface area contributed by atoms with Gasteiger partial charge in [0.2, 0.25) is 0 Å². The third-order valence-electron chi connectivity index (χ3n) is 6.35. The summed E-state index contributed by atoms with van der Waals surface area (Å²) in [5.74, 6) is 3.59. The van der Waals surface area contributed by atoms with Crippen molar-refractivity contribution in [3.8, 4) is 45.8 Å². The Kier molecular flexibility index (Phi) is 7.77. The number of hydrogen-bond donors (Lipinski definition) is 0. The normalized spacial score (nSPS) is 10.8. The number of hydrogen-bond acceptors (Lipinski definition) is 7. The van der Waals surface area contributed by atoms with Gasteiger partial charge in [-0.05, 0) is 59.8 Å². The lowest BCUT2D eigenvalue weighted by molar-refractivity contribution is 0.354. The SMILES string of the molecule is COc1ccc(CCn2c(-c3ccc(OC)c(OC)c3)c3cc(OC)c(OC)cc3cc2=O)cc1OC. The van der Waals surface area contributed by atoms with Crippen LogP contribution < -0.4 is 34.0 Å². The topological polar surface area (TPSA) is 77.4 Å². The zero-order valence-corrected chi connectivity index (χ0v) is 21.9. The summed E-state index contributed by atoms with van der Waals surface area (Å²) in [5, 5.41) is 1.59. The number of fused-ring (bicyclic) bond motifs is 1. The van der Waals surface area contributed by atoms with Crippen molar-refractivity contribution in [2.45, 2.75) is 13.0 Å². The number of benzene rings is 3. The van der Waals surface area contributed by atoms with E-state index in [4.69, 9.17) is 28.4 Å². The molecule has 1 aromatic heterocycles. The summed E-state index contributed by atoms with van der Waals surface area (Å²) < 4.78 is 34.6. The van der Waals surface area contributed by atoms with Gasteiger partial charge in [-0.15, -0.1) is 0 Å². The van der Waals surface area contributed by atoms with Crippen molar-refractivity contribution >= 4 is 10.8 Å². The fourth-order valence-corrected chi connectivity index (χ4v) is 4.48. The third kappa shape index (κ3) is 5.00. The van der Waals surface area contributed by atoms with Crippen LogP contribution in [0.25, 0.3) is 22.0 Å². The van der Waals surface area contributed by atoms with E-state index in [1.807, 2.05) is 48.5 Å². The molecular weight excluding hydrogens is 474 g/mol. The number of methoxy groups -OCH3 is 6. The summed E-state index contributed by atoms with van der Waals surface area (Å²) in [4.78, 5) is 13.5. The number of nitrogens with zero attached hydrogens (tertiary/aromatic N) is 1. The first kappa shape index (κ1) is 25.8. The van der Waals surface area contributed by atoms with Crippen molar-refractivity contribution in [2.75, 3.05) is 42.7 Å². The highest BCUT2D eigenvalue weighted by atomic mass is 16.5. The number of pyridine rings is 1. The molecular formula is C29H31NO7. The predicted octanol–water partition coefficient (Wildman–Crippen LogP) is 4.96. The van der Waals surface area contributed by atoms with Gasteiger partial charge in [0, 0.05) is 23.6 Å². The van der Waals surface area contributed by atoms with Gasteiger partial charge in [-0.25, -0.2) is 0 Å². The summed E-state index contributed by atoms with van der Waals surface area (Å²) in [7, 11) is 9.54. The number of aryl methyl sites for hydroxylation is 1. The van der Waals surface area contributed by atoms with Crippen molar-refractivity contribution in [3.05, 3.63) is 70.5 Å². The first-order valence-corrected chi connectivity index (χ1v) is 11.7. The first-order valence-electron chi connectivity index (χ1n) is 11.7. The molecule has 37 heavy (non-hydrogen) atoms. The third-order valence-corrected chi connectivity index (χ3v) is 6.35. The molecule has 0 unspecified atom stereocenters. The number of rotatable bonds is 10. The highest BCUT2D eigenvalue weighted by Gasteiger charge is 2.18. The van der Waals surface area contributed by atoms with Crippen LogP contribution >= 0.6 is 0 Å². The quantitative estimate of drug-likeness (QED) is 0.301. The highest BCUT2D eigenvalue weighted by Crippen LogP contribution is 2.39. The average Bonchev–Trinajstić information content (AvgIpc) is 2.94. The van der Waals surface area contributed by atoms with Crippen LogP contribution in [-0.2, 0) is 13.0 Å². The number of aromatic nitrogens is 1. The van der Waals surface area contributed by atoms with Crippen LogP contribution in [0.2, 0.25) is 0 Å². The molecule has 0 aliphatic heterocycles. The Hall–Kier alpha value is -4.33. The molecule has 0 saturated carbocycles. The lowest BCUT2D eigenvalue weighted by atomic mass is 10.0. The van der Waals surface area contributed by atoms with Gasteiger partial charge in [-0.2, -0.15) is 0 Å². The van der Waals surface area contributed by atoms with E-state index in [1.54, 1.807) is 53.3 Å². The molecule has 4 rings (SSSR count). The maximum atomic E-state index is 13.5. The highest BCUT2D eigenvalue weighted by molar-refractivity contribution is 5.97. The van der Waals surface area contributed by atoms with Crippen LogP contribution in [0.3, 0.4) is 0 Å². The maximum Gasteiger partial charge on any atom is 0.251 e. The fourth-order valence-electron chi connectivity index (χ4n) is 4.48. The van der Waals surface area contributed by atoms with E-state index in [0.29, 0.717) is 47.5 Å². The zero-order chi connectivity index (χ0) is 26.5. The molecule has 4 aromatic rings. The summed E-state index contributed by atoms with van der Waals surface area (Å²) in [5.41, 5.74) is 2.42. The van der Waals surface area contributed by atoms with Crippen molar-refractivity contribution in [3.63, 3.8) is 0 Å². The lowest BCUT2D eigenvalue weighted by Gasteiger charge is -2.19. The predicted molar refractivity (Wildman–Crippen MR) is 143 cm³/mol. The van der Waals surface area contributed by atoms with Crippen LogP contribution in [0, 0.1) is 0 Å². The van der Waals surface area contributed by atoms with E-state index in [-0.39, 0.29) is 5.56 Å². The largest absolute Gasteiger partial charge is 0.493 e. The van der Waals surface area contributed by atoms with E-state index in [9.17, 15) is 4.79 Å². The number of ether oxygens (including phenoxy) is 6. The van der Waals surface area contributed by atoms with Crippen molar-refractivity contribution in [2.24, 2.45) is 0 Å².